The van der Waals surface area contributed by atoms with Gasteiger partial charge < -0.3 is 4.57 Å². The number of piperidine rings is 1. The lowest BCUT2D eigenvalue weighted by atomic mass is 9.72. The van der Waals surface area contributed by atoms with Gasteiger partial charge in [-0.3, -0.25) is 13.9 Å². The SMILES string of the molecule is Cn1cnnc1[C@@H](c1cccc(-n2cc3c(C(F)(F)F)cc(CN4CCC5CC54)cn3c2=O)c1)C1CCC1. The van der Waals surface area contributed by atoms with Crippen LogP contribution in [0.1, 0.15) is 60.5 Å². The number of fused-ring (bicyclic) bond motifs is 2. The molecule has 3 aromatic heterocycles. The van der Waals surface area contributed by atoms with Crippen LogP contribution in [-0.4, -0.2) is 41.2 Å². The minimum absolute atomic E-state index is 0.00739. The van der Waals surface area contributed by atoms with Gasteiger partial charge in [-0.05, 0) is 73.4 Å². The first kappa shape index (κ1) is 23.7. The molecule has 10 heteroatoms. The number of pyridine rings is 1. The molecule has 0 amide bonds. The normalized spacial score (nSPS) is 22.5. The molecule has 1 aliphatic heterocycles. The van der Waals surface area contributed by atoms with E-state index in [4.69, 9.17) is 0 Å². The molecule has 3 atom stereocenters. The summed E-state index contributed by atoms with van der Waals surface area (Å²) in [5, 5.41) is 8.42. The molecule has 38 heavy (non-hydrogen) atoms. The van der Waals surface area contributed by atoms with Gasteiger partial charge in [0, 0.05) is 37.9 Å². The number of alkyl halides is 3. The van der Waals surface area contributed by atoms with Crippen molar-refractivity contribution in [2.24, 2.45) is 18.9 Å². The number of hydrogen-bond donors (Lipinski definition) is 0. The second-order valence-electron chi connectivity index (χ2n) is 11.2. The van der Waals surface area contributed by atoms with Crippen LogP contribution in [0.3, 0.4) is 0 Å². The van der Waals surface area contributed by atoms with Crippen molar-refractivity contribution in [3.63, 3.8) is 0 Å². The summed E-state index contributed by atoms with van der Waals surface area (Å²) in [6, 6.07) is 9.22. The number of halogens is 3. The van der Waals surface area contributed by atoms with Gasteiger partial charge in [-0.2, -0.15) is 13.2 Å². The molecule has 0 spiro atoms. The van der Waals surface area contributed by atoms with E-state index in [0.29, 0.717) is 35.7 Å². The lowest BCUT2D eigenvalue weighted by Crippen LogP contribution is -2.25. The second kappa shape index (κ2) is 8.56. The Morgan fingerprint density at radius 1 is 1.13 bits per heavy atom. The fraction of sp³-hybridized carbons (Fsp3) is 0.464. The van der Waals surface area contributed by atoms with Gasteiger partial charge in [-0.15, -0.1) is 10.2 Å². The Bertz CT molecular complexity index is 1580. The van der Waals surface area contributed by atoms with E-state index in [0.717, 1.165) is 54.4 Å². The zero-order valence-electron chi connectivity index (χ0n) is 21.1. The molecule has 2 unspecified atom stereocenters. The summed E-state index contributed by atoms with van der Waals surface area (Å²) in [6.45, 7) is 1.32. The van der Waals surface area contributed by atoms with Crippen LogP contribution in [0.4, 0.5) is 13.2 Å². The van der Waals surface area contributed by atoms with Crippen molar-refractivity contribution in [2.45, 2.75) is 56.8 Å². The summed E-state index contributed by atoms with van der Waals surface area (Å²) in [5.74, 6) is 1.95. The smallest absolute Gasteiger partial charge is 0.320 e. The van der Waals surface area contributed by atoms with Crippen LogP contribution >= 0.6 is 0 Å². The minimum atomic E-state index is -4.57. The van der Waals surface area contributed by atoms with E-state index in [1.165, 1.54) is 16.8 Å². The van der Waals surface area contributed by atoms with Gasteiger partial charge in [-0.25, -0.2) is 4.79 Å². The van der Waals surface area contributed by atoms with Crippen LogP contribution in [0.5, 0.6) is 0 Å². The molecule has 1 aromatic carbocycles. The number of nitrogens with zero attached hydrogens (tertiary/aromatic N) is 6. The Balaban J connectivity index is 1.31. The fourth-order valence-corrected chi connectivity index (χ4v) is 6.51. The van der Waals surface area contributed by atoms with E-state index in [-0.39, 0.29) is 11.4 Å². The number of benzene rings is 1. The first-order chi connectivity index (χ1) is 18.3. The maximum absolute atomic E-state index is 14.2. The molecular formula is C28H29F3N6O. The molecule has 0 bridgehead atoms. The number of aromatic nitrogens is 5. The van der Waals surface area contributed by atoms with Crippen LogP contribution in [0.2, 0.25) is 0 Å². The summed E-state index contributed by atoms with van der Waals surface area (Å²) in [7, 11) is 1.91. The summed E-state index contributed by atoms with van der Waals surface area (Å²) in [6.07, 6.45) is 5.54. The third-order valence-electron chi connectivity index (χ3n) is 8.81. The Labute approximate surface area is 217 Å². The summed E-state index contributed by atoms with van der Waals surface area (Å²) >= 11 is 0. The van der Waals surface area contributed by atoms with Crippen molar-refractivity contribution >= 4 is 5.52 Å². The van der Waals surface area contributed by atoms with E-state index in [1.54, 1.807) is 18.6 Å². The minimum Gasteiger partial charge on any atom is -0.320 e. The van der Waals surface area contributed by atoms with Crippen molar-refractivity contribution in [3.8, 4) is 5.69 Å². The first-order valence-corrected chi connectivity index (χ1v) is 13.3. The Morgan fingerprint density at radius 2 is 1.97 bits per heavy atom. The maximum Gasteiger partial charge on any atom is 0.418 e. The van der Waals surface area contributed by atoms with Gasteiger partial charge in [-0.1, -0.05) is 18.6 Å². The van der Waals surface area contributed by atoms with Crippen molar-refractivity contribution in [3.05, 3.63) is 82.1 Å². The number of imidazole rings is 1. The highest BCUT2D eigenvalue weighted by molar-refractivity contribution is 5.58. The van der Waals surface area contributed by atoms with Crippen LogP contribution in [0, 0.1) is 11.8 Å². The molecule has 4 heterocycles. The van der Waals surface area contributed by atoms with Crippen molar-refractivity contribution in [1.82, 2.24) is 28.6 Å². The molecule has 3 aliphatic rings. The van der Waals surface area contributed by atoms with Gasteiger partial charge >= 0.3 is 11.9 Å². The Kier molecular flexibility index (Phi) is 5.34. The van der Waals surface area contributed by atoms with E-state index < -0.39 is 17.4 Å². The predicted octanol–water partition coefficient (Wildman–Crippen LogP) is 4.76. The van der Waals surface area contributed by atoms with Gasteiger partial charge in [0.2, 0.25) is 0 Å². The highest BCUT2D eigenvalue weighted by atomic mass is 19.4. The van der Waals surface area contributed by atoms with Crippen LogP contribution in [0.15, 0.2) is 53.8 Å². The molecule has 0 N–H and O–H groups in total. The monoisotopic (exact) mass is 522 g/mol. The molecule has 198 valence electrons. The third-order valence-corrected chi connectivity index (χ3v) is 8.81. The van der Waals surface area contributed by atoms with E-state index in [1.807, 2.05) is 29.8 Å². The van der Waals surface area contributed by atoms with Gasteiger partial charge in [0.05, 0.1) is 16.8 Å². The number of likely N-dealkylation sites (tertiary alicyclic amines) is 1. The lowest BCUT2D eigenvalue weighted by molar-refractivity contribution is -0.136. The van der Waals surface area contributed by atoms with Gasteiger partial charge in [0.1, 0.15) is 12.2 Å². The molecular weight excluding hydrogens is 493 g/mol. The van der Waals surface area contributed by atoms with Gasteiger partial charge in [0.25, 0.3) is 0 Å². The zero-order chi connectivity index (χ0) is 26.2. The third kappa shape index (κ3) is 3.88. The van der Waals surface area contributed by atoms with Crippen LogP contribution in [-0.2, 0) is 19.8 Å². The highest BCUT2D eigenvalue weighted by Crippen LogP contribution is 2.45. The lowest BCUT2D eigenvalue weighted by Gasteiger charge is -2.33. The topological polar surface area (TPSA) is 60.4 Å². The van der Waals surface area contributed by atoms with Crippen molar-refractivity contribution in [1.29, 1.82) is 0 Å². The second-order valence-corrected chi connectivity index (χ2v) is 11.2. The summed E-state index contributed by atoms with van der Waals surface area (Å²) < 4.78 is 47.0. The van der Waals surface area contributed by atoms with E-state index >= 15 is 0 Å². The van der Waals surface area contributed by atoms with Crippen molar-refractivity contribution in [2.75, 3.05) is 6.54 Å². The number of rotatable bonds is 6. The standard InChI is InChI=1S/C28H29F3N6O/c1-34-16-32-33-26(34)25(18-4-2-5-18)20-6-3-7-21(11-20)36-15-24-22(28(29,30)31)10-17(14-37(24)27(36)38)13-35-9-8-19-12-23(19)35/h3,6-7,10-11,14-16,18-19,23,25H,2,4-5,8-9,12-13H2,1H3/t19?,23?,25-/m1/s1. The Hall–Kier alpha value is -3.40. The molecule has 7 nitrogen and oxygen atoms in total. The number of aryl methyl sites for hydroxylation is 1. The molecule has 1 saturated heterocycles. The average molecular weight is 523 g/mol. The van der Waals surface area contributed by atoms with Crippen LogP contribution < -0.4 is 5.69 Å². The predicted molar refractivity (Wildman–Crippen MR) is 135 cm³/mol. The zero-order valence-corrected chi connectivity index (χ0v) is 21.1. The Morgan fingerprint density at radius 3 is 2.61 bits per heavy atom. The molecule has 3 fully saturated rings. The average Bonchev–Trinajstić information content (AvgIpc) is 3.15. The molecule has 4 aromatic rings. The summed E-state index contributed by atoms with van der Waals surface area (Å²) in [5.41, 5.74) is 0.617. The molecule has 2 aliphatic carbocycles. The van der Waals surface area contributed by atoms with Gasteiger partial charge in [0.15, 0.2) is 0 Å². The molecule has 0 radical (unpaired) electrons. The largest absolute Gasteiger partial charge is 0.418 e. The highest BCUT2D eigenvalue weighted by Gasteiger charge is 2.46. The molecule has 7 rings (SSSR count). The first-order valence-electron chi connectivity index (χ1n) is 13.3. The van der Waals surface area contributed by atoms with E-state index in [2.05, 4.69) is 15.1 Å². The molecule has 2 saturated carbocycles. The summed E-state index contributed by atoms with van der Waals surface area (Å²) in [4.78, 5) is 15.8. The quantitative estimate of drug-likeness (QED) is 0.366. The van der Waals surface area contributed by atoms with Crippen molar-refractivity contribution < 1.29 is 13.2 Å². The van der Waals surface area contributed by atoms with Crippen LogP contribution in [0.25, 0.3) is 11.2 Å². The maximum atomic E-state index is 14.2. The number of hydrogen-bond acceptors (Lipinski definition) is 4. The van der Waals surface area contributed by atoms with E-state index in [9.17, 15) is 18.0 Å². The fourth-order valence-electron chi connectivity index (χ4n) is 6.51.